The van der Waals surface area contributed by atoms with E-state index in [1.807, 2.05) is 0 Å². The molecule has 0 aliphatic carbocycles. The predicted molar refractivity (Wildman–Crippen MR) is 58.5 cm³/mol. The minimum Gasteiger partial charge on any atom is -0.394 e. The van der Waals surface area contributed by atoms with E-state index in [0.717, 1.165) is 0 Å². The molecule has 0 aliphatic heterocycles. The molecular weight excluding hydrogens is 228 g/mol. The number of amides is 1. The lowest BCUT2D eigenvalue weighted by Gasteiger charge is -2.08. The van der Waals surface area contributed by atoms with Crippen LogP contribution in [-0.2, 0) is 0 Å². The summed E-state index contributed by atoms with van der Waals surface area (Å²) < 4.78 is 0. The van der Waals surface area contributed by atoms with Gasteiger partial charge in [0.25, 0.3) is 11.6 Å². The molecule has 0 fully saturated rings. The second-order valence-electron chi connectivity index (χ2n) is 3.35. The van der Waals surface area contributed by atoms with E-state index >= 15 is 0 Å². The van der Waals surface area contributed by atoms with Gasteiger partial charge >= 0.3 is 0 Å². The first kappa shape index (κ1) is 13.1. The lowest BCUT2D eigenvalue weighted by Crippen LogP contribution is -2.33. The molecular formula is C10H12N2O5. The summed E-state index contributed by atoms with van der Waals surface area (Å²) in [5.41, 5.74) is 0.151. The average molecular weight is 240 g/mol. The molecule has 7 nitrogen and oxygen atoms in total. The fourth-order valence-electron chi connectivity index (χ4n) is 1.11. The molecule has 3 N–H and O–H groups in total. The van der Waals surface area contributed by atoms with Crippen molar-refractivity contribution in [3.05, 3.63) is 39.9 Å². The van der Waals surface area contributed by atoms with Crippen LogP contribution in [0.25, 0.3) is 0 Å². The van der Waals surface area contributed by atoms with Crippen LogP contribution in [-0.4, -0.2) is 40.3 Å². The molecule has 0 saturated carbocycles. The van der Waals surface area contributed by atoms with Gasteiger partial charge in [-0.1, -0.05) is 0 Å². The zero-order valence-corrected chi connectivity index (χ0v) is 8.87. The normalized spacial score (nSPS) is 11.9. The number of aliphatic hydroxyl groups excluding tert-OH is 2. The fourth-order valence-corrected chi connectivity index (χ4v) is 1.11. The van der Waals surface area contributed by atoms with E-state index in [9.17, 15) is 14.9 Å². The Kier molecular flexibility index (Phi) is 4.56. The number of non-ortho nitro benzene ring substituents is 1. The Morgan fingerprint density at radius 1 is 1.41 bits per heavy atom. The SMILES string of the molecule is O=C(NC[C@H](O)CO)c1ccc([N+](=O)[O-])cc1. The number of aliphatic hydroxyl groups is 2. The van der Waals surface area contributed by atoms with Crippen molar-refractivity contribution in [2.75, 3.05) is 13.2 Å². The van der Waals surface area contributed by atoms with Gasteiger partial charge in [-0.05, 0) is 12.1 Å². The van der Waals surface area contributed by atoms with Crippen LogP contribution in [0.15, 0.2) is 24.3 Å². The van der Waals surface area contributed by atoms with Crippen molar-refractivity contribution >= 4 is 11.6 Å². The molecule has 7 heteroatoms. The summed E-state index contributed by atoms with van der Waals surface area (Å²) in [5, 5.41) is 30.3. The molecule has 0 spiro atoms. The Morgan fingerprint density at radius 2 is 2.00 bits per heavy atom. The Hall–Kier alpha value is -1.99. The van der Waals surface area contributed by atoms with Crippen molar-refractivity contribution in [1.29, 1.82) is 0 Å². The standard InChI is InChI=1S/C10H12N2O5/c13-6-9(14)5-11-10(15)7-1-3-8(4-2-7)12(16)17/h1-4,9,13-14H,5-6H2,(H,11,15)/t9-/m0/s1. The van der Waals surface area contributed by atoms with Crippen LogP contribution in [0.4, 0.5) is 5.69 Å². The first-order chi connectivity index (χ1) is 8.04. The molecule has 1 aromatic rings. The summed E-state index contributed by atoms with van der Waals surface area (Å²) in [5.74, 6) is -0.465. The lowest BCUT2D eigenvalue weighted by atomic mass is 10.2. The number of hydrogen-bond acceptors (Lipinski definition) is 5. The third-order valence-corrected chi connectivity index (χ3v) is 2.05. The van der Waals surface area contributed by atoms with Crippen molar-refractivity contribution in [1.82, 2.24) is 5.32 Å². The van der Waals surface area contributed by atoms with E-state index in [2.05, 4.69) is 5.32 Å². The number of nitrogens with zero attached hydrogens (tertiary/aromatic N) is 1. The maximum Gasteiger partial charge on any atom is 0.269 e. The minimum absolute atomic E-state index is 0.0771. The molecule has 0 saturated heterocycles. The number of carbonyl (C=O) groups excluding carboxylic acids is 1. The van der Waals surface area contributed by atoms with Gasteiger partial charge in [0, 0.05) is 24.2 Å². The van der Waals surface area contributed by atoms with Crippen molar-refractivity contribution < 1.29 is 19.9 Å². The van der Waals surface area contributed by atoms with Gasteiger partial charge in [0.2, 0.25) is 0 Å². The molecule has 0 unspecified atom stereocenters. The number of rotatable bonds is 5. The van der Waals surface area contributed by atoms with Crippen molar-refractivity contribution in [3.63, 3.8) is 0 Å². The molecule has 17 heavy (non-hydrogen) atoms. The van der Waals surface area contributed by atoms with Crippen LogP contribution in [0.1, 0.15) is 10.4 Å². The van der Waals surface area contributed by atoms with E-state index in [1.165, 1.54) is 24.3 Å². The summed E-state index contributed by atoms with van der Waals surface area (Å²) in [6.45, 7) is -0.521. The van der Waals surface area contributed by atoms with Gasteiger partial charge in [0.15, 0.2) is 0 Å². The zero-order chi connectivity index (χ0) is 12.8. The van der Waals surface area contributed by atoms with E-state index in [4.69, 9.17) is 10.2 Å². The summed E-state index contributed by atoms with van der Waals surface area (Å²) in [6, 6.07) is 5.08. The molecule has 0 aliphatic rings. The highest BCUT2D eigenvalue weighted by Crippen LogP contribution is 2.11. The lowest BCUT2D eigenvalue weighted by molar-refractivity contribution is -0.384. The van der Waals surface area contributed by atoms with Crippen LogP contribution in [0, 0.1) is 10.1 Å². The highest BCUT2D eigenvalue weighted by atomic mass is 16.6. The first-order valence-electron chi connectivity index (χ1n) is 4.86. The van der Waals surface area contributed by atoms with Gasteiger partial charge in [-0.25, -0.2) is 0 Å². The highest BCUT2D eigenvalue weighted by molar-refractivity contribution is 5.94. The Labute approximate surface area is 96.8 Å². The minimum atomic E-state index is -1.02. The molecule has 1 rings (SSSR count). The second-order valence-corrected chi connectivity index (χ2v) is 3.35. The van der Waals surface area contributed by atoms with E-state index in [0.29, 0.717) is 0 Å². The molecule has 1 atom stereocenters. The molecule has 0 heterocycles. The van der Waals surface area contributed by atoms with Gasteiger partial charge in [0.05, 0.1) is 17.6 Å². The predicted octanol–water partition coefficient (Wildman–Crippen LogP) is -0.322. The molecule has 0 aromatic heterocycles. The summed E-state index contributed by atoms with van der Waals surface area (Å²) in [7, 11) is 0. The number of benzene rings is 1. The maximum absolute atomic E-state index is 11.5. The van der Waals surface area contributed by atoms with Gasteiger partial charge < -0.3 is 15.5 Å². The van der Waals surface area contributed by atoms with E-state index in [-0.39, 0.29) is 17.8 Å². The van der Waals surface area contributed by atoms with E-state index < -0.39 is 23.5 Å². The topological polar surface area (TPSA) is 113 Å². The third-order valence-electron chi connectivity index (χ3n) is 2.05. The Bertz CT molecular complexity index is 404. The average Bonchev–Trinajstić information content (AvgIpc) is 2.35. The van der Waals surface area contributed by atoms with Crippen LogP contribution in [0.2, 0.25) is 0 Å². The number of carbonyl (C=O) groups is 1. The van der Waals surface area contributed by atoms with Gasteiger partial charge in [-0.15, -0.1) is 0 Å². The monoisotopic (exact) mass is 240 g/mol. The number of nitro benzene ring substituents is 1. The third kappa shape index (κ3) is 3.82. The van der Waals surface area contributed by atoms with Gasteiger partial charge in [-0.3, -0.25) is 14.9 Å². The molecule has 1 amide bonds. The number of nitrogens with one attached hydrogen (secondary N) is 1. The van der Waals surface area contributed by atoms with Crippen LogP contribution in [0.5, 0.6) is 0 Å². The summed E-state index contributed by atoms with van der Waals surface area (Å²) in [4.78, 5) is 21.3. The highest BCUT2D eigenvalue weighted by Gasteiger charge is 2.10. The molecule has 92 valence electrons. The van der Waals surface area contributed by atoms with Gasteiger partial charge in [-0.2, -0.15) is 0 Å². The van der Waals surface area contributed by atoms with E-state index in [1.54, 1.807) is 0 Å². The first-order valence-corrected chi connectivity index (χ1v) is 4.86. The van der Waals surface area contributed by atoms with Crippen LogP contribution < -0.4 is 5.32 Å². The number of hydrogen-bond donors (Lipinski definition) is 3. The van der Waals surface area contributed by atoms with Crippen LogP contribution >= 0.6 is 0 Å². The van der Waals surface area contributed by atoms with Crippen molar-refractivity contribution in [2.24, 2.45) is 0 Å². The van der Waals surface area contributed by atoms with Crippen molar-refractivity contribution in [2.45, 2.75) is 6.10 Å². The fraction of sp³-hybridized carbons (Fsp3) is 0.300. The van der Waals surface area contributed by atoms with Crippen LogP contribution in [0.3, 0.4) is 0 Å². The molecule has 0 radical (unpaired) electrons. The smallest absolute Gasteiger partial charge is 0.269 e. The van der Waals surface area contributed by atoms with Crippen molar-refractivity contribution in [3.8, 4) is 0 Å². The maximum atomic E-state index is 11.5. The summed E-state index contributed by atoms with van der Waals surface area (Å²) in [6.07, 6.45) is -1.02. The Balaban J connectivity index is 2.61. The number of nitro groups is 1. The molecule has 1 aromatic carbocycles. The molecule has 0 bridgehead atoms. The van der Waals surface area contributed by atoms with Gasteiger partial charge in [0.1, 0.15) is 0 Å². The zero-order valence-electron chi connectivity index (χ0n) is 8.87. The second kappa shape index (κ2) is 5.92. The quantitative estimate of drug-likeness (QED) is 0.482. The Morgan fingerprint density at radius 3 is 2.47 bits per heavy atom. The summed E-state index contributed by atoms with van der Waals surface area (Å²) >= 11 is 0. The largest absolute Gasteiger partial charge is 0.394 e.